The zero-order valence-corrected chi connectivity index (χ0v) is 16.0. The fourth-order valence-corrected chi connectivity index (χ4v) is 4.59. The van der Waals surface area contributed by atoms with Crippen LogP contribution in [0.15, 0.2) is 34.9 Å². The second kappa shape index (κ2) is 8.95. The van der Waals surface area contributed by atoms with E-state index in [4.69, 9.17) is 4.52 Å². The maximum atomic E-state index is 9.55. The number of rotatable bonds is 6. The summed E-state index contributed by atoms with van der Waals surface area (Å²) in [6.07, 6.45) is 7.54. The smallest absolute Gasteiger partial charge is 0.241 e. The van der Waals surface area contributed by atoms with Gasteiger partial charge >= 0.3 is 0 Å². The second-order valence-corrected chi connectivity index (χ2v) is 7.81. The average molecular weight is 370 g/mol. The predicted molar refractivity (Wildman–Crippen MR) is 104 cm³/mol. The zero-order valence-electron chi connectivity index (χ0n) is 16.0. The first-order valence-corrected chi connectivity index (χ1v) is 10.3. The van der Waals surface area contributed by atoms with Crippen LogP contribution in [-0.4, -0.2) is 63.4 Å². The van der Waals surface area contributed by atoms with E-state index in [0.29, 0.717) is 30.3 Å². The molecule has 2 fully saturated rings. The minimum atomic E-state index is 0.250. The number of hydrogen-bond acceptors (Lipinski definition) is 6. The van der Waals surface area contributed by atoms with Crippen LogP contribution in [0.3, 0.4) is 0 Å². The molecule has 1 aromatic heterocycles. The molecule has 27 heavy (non-hydrogen) atoms. The summed E-state index contributed by atoms with van der Waals surface area (Å²) in [7, 11) is 0. The first-order valence-electron chi connectivity index (χ1n) is 10.3. The second-order valence-electron chi connectivity index (χ2n) is 7.81. The van der Waals surface area contributed by atoms with E-state index in [1.54, 1.807) is 0 Å². The highest BCUT2D eigenvalue weighted by atomic mass is 16.5. The number of nitrogens with zero attached hydrogens (tertiary/aromatic N) is 4. The highest BCUT2D eigenvalue weighted by Crippen LogP contribution is 2.27. The molecular weight excluding hydrogens is 340 g/mol. The lowest BCUT2D eigenvalue weighted by Gasteiger charge is -2.46. The van der Waals surface area contributed by atoms with Crippen molar-refractivity contribution in [3.8, 4) is 11.4 Å². The Morgan fingerprint density at radius 1 is 1.07 bits per heavy atom. The van der Waals surface area contributed by atoms with Crippen molar-refractivity contribution in [2.75, 3.05) is 26.2 Å². The lowest BCUT2D eigenvalue weighted by atomic mass is 9.92. The summed E-state index contributed by atoms with van der Waals surface area (Å²) in [5.74, 6) is 1.32. The molecule has 0 amide bonds. The highest BCUT2D eigenvalue weighted by molar-refractivity contribution is 5.53. The quantitative estimate of drug-likeness (QED) is 0.843. The molecule has 1 atom stereocenters. The van der Waals surface area contributed by atoms with Crippen molar-refractivity contribution in [3.05, 3.63) is 36.2 Å². The molecule has 0 spiro atoms. The normalized spacial score (nSPS) is 22.9. The fourth-order valence-electron chi connectivity index (χ4n) is 4.59. The largest absolute Gasteiger partial charge is 0.396 e. The van der Waals surface area contributed by atoms with Gasteiger partial charge in [-0.3, -0.25) is 9.80 Å². The van der Waals surface area contributed by atoms with Gasteiger partial charge in [-0.05, 0) is 19.3 Å². The van der Waals surface area contributed by atoms with Crippen molar-refractivity contribution >= 4 is 0 Å². The third-order valence-electron chi connectivity index (χ3n) is 5.98. The van der Waals surface area contributed by atoms with E-state index in [2.05, 4.69) is 19.9 Å². The molecule has 4 rings (SSSR count). The van der Waals surface area contributed by atoms with Crippen molar-refractivity contribution in [1.82, 2.24) is 19.9 Å². The van der Waals surface area contributed by atoms with Crippen molar-refractivity contribution in [1.29, 1.82) is 0 Å². The lowest BCUT2D eigenvalue weighted by Crippen LogP contribution is -2.56. The van der Waals surface area contributed by atoms with Crippen LogP contribution in [0.25, 0.3) is 11.4 Å². The minimum Gasteiger partial charge on any atom is -0.396 e. The maximum Gasteiger partial charge on any atom is 0.241 e. The van der Waals surface area contributed by atoms with E-state index in [1.807, 2.05) is 30.3 Å². The number of aliphatic hydroxyl groups excluding tert-OH is 1. The number of aromatic nitrogens is 2. The number of aliphatic hydroxyl groups is 1. The number of piperazine rings is 1. The number of benzene rings is 1. The molecule has 6 heteroatoms. The summed E-state index contributed by atoms with van der Waals surface area (Å²) in [6, 6.07) is 11.1. The van der Waals surface area contributed by atoms with Gasteiger partial charge in [0.05, 0.1) is 6.54 Å². The molecule has 0 unspecified atom stereocenters. The van der Waals surface area contributed by atoms with Crippen LogP contribution >= 0.6 is 0 Å². The molecule has 1 saturated heterocycles. The zero-order chi connectivity index (χ0) is 18.5. The molecule has 1 aliphatic heterocycles. The molecule has 0 radical (unpaired) electrons. The Labute approximate surface area is 161 Å². The molecule has 1 saturated carbocycles. The van der Waals surface area contributed by atoms with Gasteiger partial charge in [-0.1, -0.05) is 54.8 Å². The summed E-state index contributed by atoms with van der Waals surface area (Å²) >= 11 is 0. The van der Waals surface area contributed by atoms with Gasteiger partial charge in [-0.25, -0.2) is 0 Å². The molecule has 1 aliphatic carbocycles. The molecular formula is C21H30N4O2. The van der Waals surface area contributed by atoms with Gasteiger partial charge in [0.2, 0.25) is 11.7 Å². The van der Waals surface area contributed by atoms with Gasteiger partial charge in [0.1, 0.15) is 0 Å². The topological polar surface area (TPSA) is 65.6 Å². The summed E-state index contributed by atoms with van der Waals surface area (Å²) in [5.41, 5.74) is 0.979. The highest BCUT2D eigenvalue weighted by Gasteiger charge is 2.32. The van der Waals surface area contributed by atoms with E-state index >= 15 is 0 Å². The Kier molecular flexibility index (Phi) is 6.17. The predicted octanol–water partition coefficient (Wildman–Crippen LogP) is 2.94. The third-order valence-corrected chi connectivity index (χ3v) is 5.98. The molecule has 1 aromatic carbocycles. The van der Waals surface area contributed by atoms with Crippen LogP contribution in [-0.2, 0) is 6.54 Å². The van der Waals surface area contributed by atoms with Gasteiger partial charge in [-0.15, -0.1) is 0 Å². The van der Waals surface area contributed by atoms with Gasteiger partial charge in [-0.2, -0.15) is 4.98 Å². The SMILES string of the molecule is OCC[C@H]1CN(Cc2nc(-c3ccccc3)no2)CCN1C1CCCCC1. The maximum absolute atomic E-state index is 9.55. The van der Waals surface area contributed by atoms with Gasteiger partial charge < -0.3 is 9.63 Å². The minimum absolute atomic E-state index is 0.250. The Hall–Kier alpha value is -1.76. The Morgan fingerprint density at radius 3 is 2.67 bits per heavy atom. The van der Waals surface area contributed by atoms with E-state index in [0.717, 1.165) is 31.6 Å². The molecule has 146 valence electrons. The number of hydrogen-bond donors (Lipinski definition) is 1. The summed E-state index contributed by atoms with van der Waals surface area (Å²) in [5, 5.41) is 13.7. The Morgan fingerprint density at radius 2 is 1.89 bits per heavy atom. The van der Waals surface area contributed by atoms with Crippen molar-refractivity contribution in [3.63, 3.8) is 0 Å². The van der Waals surface area contributed by atoms with Gasteiger partial charge in [0.25, 0.3) is 0 Å². The molecule has 2 heterocycles. The van der Waals surface area contributed by atoms with Crippen molar-refractivity contribution in [2.45, 2.75) is 57.2 Å². The summed E-state index contributed by atoms with van der Waals surface area (Å²) in [6.45, 7) is 3.97. The molecule has 2 aliphatic rings. The first-order chi connectivity index (χ1) is 13.3. The average Bonchev–Trinajstić information content (AvgIpc) is 3.18. The Balaban J connectivity index is 1.38. The fraction of sp³-hybridized carbons (Fsp3) is 0.619. The lowest BCUT2D eigenvalue weighted by molar-refractivity contribution is 0.0105. The monoisotopic (exact) mass is 370 g/mol. The molecule has 2 aromatic rings. The first kappa shape index (κ1) is 18.6. The molecule has 0 bridgehead atoms. The van der Waals surface area contributed by atoms with Crippen LogP contribution in [0.2, 0.25) is 0 Å². The standard InChI is InChI=1S/C21H30N4O2/c26-14-11-19-15-24(12-13-25(19)18-9-5-2-6-10-18)16-20-22-21(23-27-20)17-7-3-1-4-8-17/h1,3-4,7-8,18-19,26H,2,5-6,9-16H2/t19-/m0/s1. The van der Waals surface area contributed by atoms with Crippen LogP contribution in [0.1, 0.15) is 44.4 Å². The van der Waals surface area contributed by atoms with E-state index in [9.17, 15) is 5.11 Å². The van der Waals surface area contributed by atoms with Crippen LogP contribution < -0.4 is 0 Å². The summed E-state index contributed by atoms with van der Waals surface area (Å²) < 4.78 is 5.49. The van der Waals surface area contributed by atoms with E-state index in [-0.39, 0.29) is 6.61 Å². The van der Waals surface area contributed by atoms with Crippen LogP contribution in [0, 0.1) is 0 Å². The molecule has 1 N–H and O–H groups in total. The van der Waals surface area contributed by atoms with Crippen LogP contribution in [0.4, 0.5) is 0 Å². The van der Waals surface area contributed by atoms with Crippen molar-refractivity contribution < 1.29 is 9.63 Å². The summed E-state index contributed by atoms with van der Waals surface area (Å²) in [4.78, 5) is 9.62. The van der Waals surface area contributed by atoms with E-state index in [1.165, 1.54) is 32.1 Å². The molecule has 6 nitrogen and oxygen atoms in total. The van der Waals surface area contributed by atoms with Gasteiger partial charge in [0, 0.05) is 43.9 Å². The van der Waals surface area contributed by atoms with Crippen LogP contribution in [0.5, 0.6) is 0 Å². The Bertz CT molecular complexity index is 699. The third kappa shape index (κ3) is 4.57. The van der Waals surface area contributed by atoms with Crippen molar-refractivity contribution in [2.24, 2.45) is 0 Å². The van der Waals surface area contributed by atoms with Gasteiger partial charge in [0.15, 0.2) is 0 Å². The van der Waals surface area contributed by atoms with E-state index < -0.39 is 0 Å².